The summed E-state index contributed by atoms with van der Waals surface area (Å²) >= 11 is 0. The van der Waals surface area contributed by atoms with Crippen molar-refractivity contribution in [2.24, 2.45) is 17.8 Å². The van der Waals surface area contributed by atoms with Crippen LogP contribution in [0.2, 0.25) is 0 Å². The lowest BCUT2D eigenvalue weighted by Gasteiger charge is -2.12. The first-order chi connectivity index (χ1) is 7.95. The van der Waals surface area contributed by atoms with Gasteiger partial charge in [-0.2, -0.15) is 0 Å². The summed E-state index contributed by atoms with van der Waals surface area (Å²) in [5.74, 6) is 2.82. The molecule has 1 heterocycles. The van der Waals surface area contributed by atoms with Crippen LogP contribution in [-0.2, 0) is 0 Å². The average molecular weight is 244 g/mol. The maximum atomic E-state index is 2.38. The van der Waals surface area contributed by atoms with Crippen LogP contribution in [-0.4, -0.2) is 20.1 Å². The van der Waals surface area contributed by atoms with Gasteiger partial charge in [-0.3, -0.25) is 0 Å². The molecule has 0 spiro atoms. The number of hydrogen-bond donors (Lipinski definition) is 1. The standard InChI is InChI=1S/C10H21N.C4H10.C2H6/c1-4-9(2)7-10-5-6-11(3)8-10;1-4(2)3;1-2/h9-10H,4-8H2,1-3H3;4H,1-3H3;1-2H3/p+1. The largest absolute Gasteiger partial charge is 0.337 e. The molecule has 3 atom stereocenters. The Morgan fingerprint density at radius 1 is 1.12 bits per heavy atom. The second-order valence-corrected chi connectivity index (χ2v) is 6.05. The molecule has 17 heavy (non-hydrogen) atoms. The number of nitrogens with one attached hydrogen (secondary N) is 1. The molecular formula is C16H38N+. The summed E-state index contributed by atoms with van der Waals surface area (Å²) in [6.07, 6.45) is 4.29. The zero-order chi connectivity index (χ0) is 13.8. The van der Waals surface area contributed by atoms with Crippen molar-refractivity contribution in [2.45, 2.75) is 67.7 Å². The molecule has 1 aliphatic rings. The second kappa shape index (κ2) is 12.4. The Morgan fingerprint density at radius 3 is 1.88 bits per heavy atom. The summed E-state index contributed by atoms with van der Waals surface area (Å²) in [7, 11) is 2.32. The summed E-state index contributed by atoms with van der Waals surface area (Å²) in [4.78, 5) is 1.73. The Labute approximate surface area is 111 Å². The quantitative estimate of drug-likeness (QED) is 0.773. The Kier molecular flexibility index (Phi) is 14.1. The first-order valence-corrected chi connectivity index (χ1v) is 7.76. The molecule has 1 heteroatoms. The first-order valence-electron chi connectivity index (χ1n) is 7.76. The molecule has 1 rings (SSSR count). The molecule has 0 bridgehead atoms. The monoisotopic (exact) mass is 244 g/mol. The molecule has 1 fully saturated rings. The summed E-state index contributed by atoms with van der Waals surface area (Å²) in [5, 5.41) is 0. The zero-order valence-corrected chi connectivity index (χ0v) is 13.8. The minimum atomic E-state index is 0.833. The van der Waals surface area contributed by atoms with Gasteiger partial charge in [-0.15, -0.1) is 0 Å². The van der Waals surface area contributed by atoms with Gasteiger partial charge in [-0.05, 0) is 18.3 Å². The molecule has 0 aromatic heterocycles. The highest BCUT2D eigenvalue weighted by molar-refractivity contribution is 4.64. The van der Waals surface area contributed by atoms with Crippen LogP contribution in [0.15, 0.2) is 0 Å². The fourth-order valence-electron chi connectivity index (χ4n) is 2.08. The van der Waals surface area contributed by atoms with Crippen molar-refractivity contribution in [2.75, 3.05) is 20.1 Å². The maximum absolute atomic E-state index is 2.38. The van der Waals surface area contributed by atoms with E-state index >= 15 is 0 Å². The second-order valence-electron chi connectivity index (χ2n) is 6.05. The van der Waals surface area contributed by atoms with Crippen LogP contribution in [0.3, 0.4) is 0 Å². The van der Waals surface area contributed by atoms with Crippen molar-refractivity contribution < 1.29 is 4.90 Å². The van der Waals surface area contributed by atoms with E-state index in [1.54, 1.807) is 4.90 Å². The van der Waals surface area contributed by atoms with E-state index in [1.807, 2.05) is 13.8 Å². The van der Waals surface area contributed by atoms with Crippen molar-refractivity contribution in [1.82, 2.24) is 0 Å². The van der Waals surface area contributed by atoms with Crippen molar-refractivity contribution in [3.05, 3.63) is 0 Å². The van der Waals surface area contributed by atoms with E-state index in [1.165, 1.54) is 32.4 Å². The van der Waals surface area contributed by atoms with E-state index in [9.17, 15) is 0 Å². The molecule has 1 N–H and O–H groups in total. The summed E-state index contributed by atoms with van der Waals surface area (Å²) in [6, 6.07) is 0. The van der Waals surface area contributed by atoms with E-state index in [2.05, 4.69) is 41.7 Å². The Hall–Kier alpha value is -0.0400. The third-order valence-electron chi connectivity index (χ3n) is 3.05. The van der Waals surface area contributed by atoms with E-state index < -0.39 is 0 Å². The maximum Gasteiger partial charge on any atom is 0.0799 e. The van der Waals surface area contributed by atoms with Crippen LogP contribution in [0.1, 0.15) is 67.7 Å². The lowest BCUT2D eigenvalue weighted by atomic mass is 9.93. The fraction of sp³-hybridized carbons (Fsp3) is 1.00. The normalized spacial score (nSPS) is 24.5. The minimum absolute atomic E-state index is 0.833. The van der Waals surface area contributed by atoms with Crippen molar-refractivity contribution in [1.29, 1.82) is 0 Å². The smallest absolute Gasteiger partial charge is 0.0799 e. The number of quaternary nitrogens is 1. The van der Waals surface area contributed by atoms with Gasteiger partial charge in [0.15, 0.2) is 0 Å². The molecule has 1 saturated heterocycles. The summed E-state index contributed by atoms with van der Waals surface area (Å²) in [5.41, 5.74) is 0. The predicted octanol–water partition coefficient (Wildman–Crippen LogP) is 3.65. The van der Waals surface area contributed by atoms with Crippen LogP contribution >= 0.6 is 0 Å². The highest BCUT2D eigenvalue weighted by Crippen LogP contribution is 2.18. The van der Waals surface area contributed by atoms with Gasteiger partial charge in [0.2, 0.25) is 0 Å². The van der Waals surface area contributed by atoms with Gasteiger partial charge in [-0.1, -0.05) is 54.9 Å². The van der Waals surface area contributed by atoms with Gasteiger partial charge < -0.3 is 4.90 Å². The summed E-state index contributed by atoms with van der Waals surface area (Å²) < 4.78 is 0. The van der Waals surface area contributed by atoms with Crippen LogP contribution in [0.25, 0.3) is 0 Å². The molecule has 0 aliphatic carbocycles. The van der Waals surface area contributed by atoms with Crippen LogP contribution < -0.4 is 4.90 Å². The van der Waals surface area contributed by atoms with E-state index in [-0.39, 0.29) is 0 Å². The van der Waals surface area contributed by atoms with Crippen molar-refractivity contribution in [3.8, 4) is 0 Å². The lowest BCUT2D eigenvalue weighted by molar-refractivity contribution is -0.867. The van der Waals surface area contributed by atoms with Crippen LogP contribution in [0.4, 0.5) is 0 Å². The van der Waals surface area contributed by atoms with Crippen molar-refractivity contribution in [3.63, 3.8) is 0 Å². The van der Waals surface area contributed by atoms with E-state index in [4.69, 9.17) is 0 Å². The molecule has 0 amide bonds. The Balaban J connectivity index is 0. The van der Waals surface area contributed by atoms with Crippen LogP contribution in [0.5, 0.6) is 0 Å². The van der Waals surface area contributed by atoms with E-state index in [0.29, 0.717) is 0 Å². The summed E-state index contributed by atoms with van der Waals surface area (Å²) in [6.45, 7) is 18.0. The molecule has 0 aromatic rings. The van der Waals surface area contributed by atoms with Gasteiger partial charge in [0.1, 0.15) is 0 Å². The molecule has 0 radical (unpaired) electrons. The zero-order valence-electron chi connectivity index (χ0n) is 13.8. The molecule has 1 aliphatic heterocycles. The highest BCUT2D eigenvalue weighted by Gasteiger charge is 2.23. The van der Waals surface area contributed by atoms with Gasteiger partial charge in [0.25, 0.3) is 0 Å². The lowest BCUT2D eigenvalue weighted by Crippen LogP contribution is -3.07. The fourth-order valence-corrected chi connectivity index (χ4v) is 2.08. The molecule has 1 nitrogen and oxygen atoms in total. The van der Waals surface area contributed by atoms with E-state index in [0.717, 1.165) is 17.8 Å². The third-order valence-corrected chi connectivity index (χ3v) is 3.05. The van der Waals surface area contributed by atoms with Gasteiger partial charge in [0, 0.05) is 12.3 Å². The molecule has 3 unspecified atom stereocenters. The Morgan fingerprint density at radius 2 is 1.59 bits per heavy atom. The van der Waals surface area contributed by atoms with Gasteiger partial charge in [-0.25, -0.2) is 0 Å². The topological polar surface area (TPSA) is 4.44 Å². The Bertz CT molecular complexity index is 140. The SMILES string of the molecule is CC.CC(C)C.CCC(C)CC1CC[NH+](C)C1. The average Bonchev–Trinajstić information content (AvgIpc) is 2.66. The minimum Gasteiger partial charge on any atom is -0.337 e. The molecule has 0 saturated carbocycles. The van der Waals surface area contributed by atoms with Crippen LogP contribution in [0, 0.1) is 17.8 Å². The number of hydrogen-bond acceptors (Lipinski definition) is 0. The van der Waals surface area contributed by atoms with Crippen molar-refractivity contribution >= 4 is 0 Å². The number of likely N-dealkylation sites (tertiary alicyclic amines) is 1. The number of rotatable bonds is 3. The molecule has 106 valence electrons. The van der Waals surface area contributed by atoms with Gasteiger partial charge >= 0.3 is 0 Å². The highest BCUT2D eigenvalue weighted by atomic mass is 15.1. The molecule has 0 aromatic carbocycles. The third kappa shape index (κ3) is 13.9. The molecular weight excluding hydrogens is 206 g/mol. The van der Waals surface area contributed by atoms with Gasteiger partial charge in [0.05, 0.1) is 20.1 Å². The first kappa shape index (κ1) is 19.3. The predicted molar refractivity (Wildman–Crippen MR) is 80.7 cm³/mol.